The van der Waals surface area contributed by atoms with E-state index in [1.165, 1.54) is 13.3 Å². The van der Waals surface area contributed by atoms with Crippen LogP contribution in [0.4, 0.5) is 0 Å². The Hall–Kier alpha value is -2.34. The zero-order chi connectivity index (χ0) is 16.1. The number of hydrogen-bond acceptors (Lipinski definition) is 4. The number of ether oxygens (including phenoxy) is 1. The number of hydrogen-bond donors (Lipinski definition) is 2. The number of carbonyl (C=O) groups excluding carboxylic acids is 1. The van der Waals surface area contributed by atoms with Gasteiger partial charge in [-0.2, -0.15) is 5.10 Å². The summed E-state index contributed by atoms with van der Waals surface area (Å²) in [7, 11) is 1.47. The lowest BCUT2D eigenvalue weighted by atomic mass is 10.1. The second-order valence-corrected chi connectivity index (χ2v) is 5.38. The number of amides is 1. The SMILES string of the molecule is COc1ccc(/C=N\NC(=O)c2ccc(C)cc2)c(Br)c1O. The second-order valence-electron chi connectivity index (χ2n) is 4.58. The van der Waals surface area contributed by atoms with Crippen LogP contribution in [0.2, 0.25) is 0 Å². The van der Waals surface area contributed by atoms with E-state index >= 15 is 0 Å². The van der Waals surface area contributed by atoms with Crippen LogP contribution in [0.1, 0.15) is 21.5 Å². The van der Waals surface area contributed by atoms with Crippen LogP contribution in [-0.2, 0) is 0 Å². The van der Waals surface area contributed by atoms with Gasteiger partial charge in [-0.05, 0) is 47.1 Å². The van der Waals surface area contributed by atoms with Crippen LogP contribution in [0.3, 0.4) is 0 Å². The van der Waals surface area contributed by atoms with E-state index in [0.29, 0.717) is 21.3 Å². The van der Waals surface area contributed by atoms with E-state index in [-0.39, 0.29) is 11.7 Å². The third kappa shape index (κ3) is 3.65. The van der Waals surface area contributed by atoms with E-state index < -0.39 is 0 Å². The Morgan fingerprint density at radius 1 is 1.27 bits per heavy atom. The number of phenols is 1. The number of methoxy groups -OCH3 is 1. The number of hydrazone groups is 1. The molecule has 0 saturated heterocycles. The average Bonchev–Trinajstić information content (AvgIpc) is 2.52. The summed E-state index contributed by atoms with van der Waals surface area (Å²) >= 11 is 3.26. The summed E-state index contributed by atoms with van der Waals surface area (Å²) in [5.41, 5.74) is 4.66. The lowest BCUT2D eigenvalue weighted by Gasteiger charge is -2.07. The van der Waals surface area contributed by atoms with Gasteiger partial charge < -0.3 is 9.84 Å². The molecule has 0 atom stereocenters. The zero-order valence-electron chi connectivity index (χ0n) is 12.1. The van der Waals surface area contributed by atoms with E-state index in [0.717, 1.165) is 5.56 Å². The highest BCUT2D eigenvalue weighted by molar-refractivity contribution is 9.10. The normalized spacial score (nSPS) is 10.7. The number of rotatable bonds is 4. The molecule has 0 unspecified atom stereocenters. The van der Waals surface area contributed by atoms with Crippen molar-refractivity contribution < 1.29 is 14.6 Å². The Morgan fingerprint density at radius 3 is 2.59 bits per heavy atom. The van der Waals surface area contributed by atoms with E-state index in [1.807, 2.05) is 19.1 Å². The van der Waals surface area contributed by atoms with Gasteiger partial charge in [0.05, 0.1) is 17.8 Å². The monoisotopic (exact) mass is 362 g/mol. The van der Waals surface area contributed by atoms with Crippen LogP contribution in [0.15, 0.2) is 46.0 Å². The predicted molar refractivity (Wildman–Crippen MR) is 88.6 cm³/mol. The van der Waals surface area contributed by atoms with Gasteiger partial charge in [0.25, 0.3) is 5.91 Å². The quantitative estimate of drug-likeness (QED) is 0.647. The summed E-state index contributed by atoms with van der Waals surface area (Å²) < 4.78 is 5.44. The smallest absolute Gasteiger partial charge is 0.271 e. The molecule has 0 spiro atoms. The number of aryl methyl sites for hydroxylation is 1. The van der Waals surface area contributed by atoms with Crippen LogP contribution >= 0.6 is 15.9 Å². The largest absolute Gasteiger partial charge is 0.503 e. The molecule has 6 heteroatoms. The molecular weight excluding hydrogens is 348 g/mol. The molecule has 0 heterocycles. The Bertz CT molecular complexity index is 712. The van der Waals surface area contributed by atoms with Crippen molar-refractivity contribution in [3.05, 3.63) is 57.6 Å². The van der Waals surface area contributed by atoms with E-state index in [9.17, 15) is 9.90 Å². The van der Waals surface area contributed by atoms with Crippen molar-refractivity contribution >= 4 is 28.1 Å². The van der Waals surface area contributed by atoms with Crippen molar-refractivity contribution in [1.29, 1.82) is 0 Å². The van der Waals surface area contributed by atoms with Crippen LogP contribution in [0.25, 0.3) is 0 Å². The molecular formula is C16H15BrN2O3. The molecule has 0 radical (unpaired) electrons. The maximum Gasteiger partial charge on any atom is 0.271 e. The summed E-state index contributed by atoms with van der Waals surface area (Å²) in [6.07, 6.45) is 1.44. The lowest BCUT2D eigenvalue weighted by Crippen LogP contribution is -2.17. The molecule has 2 aromatic carbocycles. The number of carbonyl (C=O) groups is 1. The van der Waals surface area contributed by atoms with Crippen LogP contribution in [0.5, 0.6) is 11.5 Å². The van der Waals surface area contributed by atoms with Crippen molar-refractivity contribution in [2.45, 2.75) is 6.92 Å². The molecule has 2 N–H and O–H groups in total. The molecule has 0 aliphatic rings. The van der Waals surface area contributed by atoms with Gasteiger partial charge in [0.2, 0.25) is 0 Å². The molecule has 0 saturated carbocycles. The van der Waals surface area contributed by atoms with Gasteiger partial charge in [0.1, 0.15) is 0 Å². The molecule has 0 fully saturated rings. The van der Waals surface area contributed by atoms with Crippen LogP contribution < -0.4 is 10.2 Å². The van der Waals surface area contributed by atoms with Gasteiger partial charge in [-0.1, -0.05) is 17.7 Å². The summed E-state index contributed by atoms with van der Waals surface area (Å²) in [5, 5.41) is 13.8. The molecule has 22 heavy (non-hydrogen) atoms. The van der Waals surface area contributed by atoms with Crippen LogP contribution in [0, 0.1) is 6.92 Å². The molecule has 0 aromatic heterocycles. The highest BCUT2D eigenvalue weighted by Crippen LogP contribution is 2.35. The van der Waals surface area contributed by atoms with Crippen molar-refractivity contribution in [3.63, 3.8) is 0 Å². The van der Waals surface area contributed by atoms with Gasteiger partial charge in [0.15, 0.2) is 11.5 Å². The molecule has 5 nitrogen and oxygen atoms in total. The fourth-order valence-electron chi connectivity index (χ4n) is 1.76. The molecule has 2 rings (SSSR count). The number of benzene rings is 2. The highest BCUT2D eigenvalue weighted by atomic mass is 79.9. The first-order chi connectivity index (χ1) is 10.5. The Labute approximate surface area is 136 Å². The zero-order valence-corrected chi connectivity index (χ0v) is 13.7. The van der Waals surface area contributed by atoms with Crippen molar-refractivity contribution in [2.75, 3.05) is 7.11 Å². The fraction of sp³-hybridized carbons (Fsp3) is 0.125. The maximum atomic E-state index is 11.9. The molecule has 0 bridgehead atoms. The first-order valence-electron chi connectivity index (χ1n) is 6.48. The minimum atomic E-state index is -0.301. The standard InChI is InChI=1S/C16H15BrN2O3/c1-10-3-5-11(6-4-10)16(21)19-18-9-12-7-8-13(22-2)15(20)14(12)17/h3-9,20H,1-2H3,(H,19,21)/b18-9-. The van der Waals surface area contributed by atoms with Crippen molar-refractivity contribution in [1.82, 2.24) is 5.43 Å². The Kier molecular flexibility index (Phi) is 5.16. The first-order valence-corrected chi connectivity index (χ1v) is 7.27. The average molecular weight is 363 g/mol. The number of nitrogens with zero attached hydrogens (tertiary/aromatic N) is 1. The van der Waals surface area contributed by atoms with Crippen molar-refractivity contribution in [3.8, 4) is 11.5 Å². The lowest BCUT2D eigenvalue weighted by molar-refractivity contribution is 0.0955. The van der Waals surface area contributed by atoms with Crippen LogP contribution in [-0.4, -0.2) is 24.3 Å². The van der Waals surface area contributed by atoms with Crippen molar-refractivity contribution in [2.24, 2.45) is 5.10 Å². The predicted octanol–water partition coefficient (Wildman–Crippen LogP) is 3.24. The number of nitrogens with one attached hydrogen (secondary N) is 1. The van der Waals surface area contributed by atoms with Gasteiger partial charge in [-0.3, -0.25) is 4.79 Å². The fourth-order valence-corrected chi connectivity index (χ4v) is 2.19. The third-order valence-corrected chi connectivity index (χ3v) is 3.85. The van der Waals surface area contributed by atoms with Gasteiger partial charge in [-0.25, -0.2) is 5.43 Å². The molecule has 0 aliphatic carbocycles. The second kappa shape index (κ2) is 7.09. The van der Waals surface area contributed by atoms with E-state index in [1.54, 1.807) is 24.3 Å². The topological polar surface area (TPSA) is 70.9 Å². The van der Waals surface area contributed by atoms with Gasteiger partial charge in [0, 0.05) is 11.1 Å². The summed E-state index contributed by atoms with van der Waals surface area (Å²) in [4.78, 5) is 11.9. The number of phenolic OH excluding ortho intramolecular Hbond substituents is 1. The third-order valence-electron chi connectivity index (χ3n) is 3.01. The molecule has 1 amide bonds. The first kappa shape index (κ1) is 16.0. The number of aromatic hydroxyl groups is 1. The summed E-state index contributed by atoms with van der Waals surface area (Å²) in [6, 6.07) is 10.5. The summed E-state index contributed by atoms with van der Waals surface area (Å²) in [6.45, 7) is 1.95. The minimum absolute atomic E-state index is 0.0173. The number of halogens is 1. The van der Waals surface area contributed by atoms with Gasteiger partial charge >= 0.3 is 0 Å². The van der Waals surface area contributed by atoms with Gasteiger partial charge in [-0.15, -0.1) is 0 Å². The molecule has 114 valence electrons. The maximum absolute atomic E-state index is 11.9. The van der Waals surface area contributed by atoms with E-state index in [4.69, 9.17) is 4.74 Å². The Morgan fingerprint density at radius 2 is 1.95 bits per heavy atom. The molecule has 0 aliphatic heterocycles. The van der Waals surface area contributed by atoms with E-state index in [2.05, 4.69) is 26.5 Å². The summed E-state index contributed by atoms with van der Waals surface area (Å²) in [5.74, 6) is 0.0362. The Balaban J connectivity index is 2.08. The minimum Gasteiger partial charge on any atom is -0.503 e. The highest BCUT2D eigenvalue weighted by Gasteiger charge is 2.09. The molecule has 2 aromatic rings.